The van der Waals surface area contributed by atoms with Gasteiger partial charge in [0.25, 0.3) is 0 Å². The average Bonchev–Trinajstić information content (AvgIpc) is 3.31. The van der Waals surface area contributed by atoms with Crippen LogP contribution in [-0.2, 0) is 34.1 Å². The molecule has 27 heavy (non-hydrogen) atoms. The Kier molecular flexibility index (Phi) is 6.34. The monoisotopic (exact) mass is 391 g/mol. The SMILES string of the molecule is CC(C)S(=O)(=O)c1ncc(CN(C)C2CCOC2)n1CCc1ccccc1. The van der Waals surface area contributed by atoms with Gasteiger partial charge in [-0.3, -0.25) is 4.90 Å². The molecule has 1 fully saturated rings. The van der Waals surface area contributed by atoms with E-state index in [4.69, 9.17) is 4.74 Å². The molecule has 0 radical (unpaired) electrons. The smallest absolute Gasteiger partial charge is 0.228 e. The number of imidazole rings is 1. The number of rotatable bonds is 8. The second kappa shape index (κ2) is 8.54. The molecule has 0 amide bonds. The summed E-state index contributed by atoms with van der Waals surface area (Å²) in [5, 5.41) is -0.316. The Labute approximate surface area is 162 Å². The third kappa shape index (κ3) is 4.59. The van der Waals surface area contributed by atoms with E-state index in [1.165, 1.54) is 5.56 Å². The fourth-order valence-corrected chi connectivity index (χ4v) is 4.47. The zero-order valence-electron chi connectivity index (χ0n) is 16.3. The van der Waals surface area contributed by atoms with E-state index in [0.29, 0.717) is 19.1 Å². The predicted octanol–water partition coefficient (Wildman–Crippen LogP) is 2.53. The van der Waals surface area contributed by atoms with Crippen LogP contribution < -0.4 is 0 Å². The second-order valence-corrected chi connectivity index (χ2v) is 9.84. The summed E-state index contributed by atoms with van der Waals surface area (Å²) in [6.07, 6.45) is 3.49. The molecular formula is C20H29N3O3S. The van der Waals surface area contributed by atoms with Gasteiger partial charge >= 0.3 is 0 Å². The third-order valence-corrected chi connectivity index (χ3v) is 7.26. The van der Waals surface area contributed by atoms with E-state index in [0.717, 1.165) is 31.7 Å². The summed E-state index contributed by atoms with van der Waals surface area (Å²) in [5.41, 5.74) is 2.11. The van der Waals surface area contributed by atoms with Crippen LogP contribution in [0.3, 0.4) is 0 Å². The lowest BCUT2D eigenvalue weighted by molar-refractivity contribution is 0.155. The van der Waals surface area contributed by atoms with Gasteiger partial charge in [0.2, 0.25) is 15.0 Å². The molecular weight excluding hydrogens is 362 g/mol. The van der Waals surface area contributed by atoms with Crippen LogP contribution in [0.1, 0.15) is 31.5 Å². The number of likely N-dealkylation sites (N-methyl/N-ethyl adjacent to an activating group) is 1. The first kappa shape index (κ1) is 20.0. The van der Waals surface area contributed by atoms with Gasteiger partial charge in [0, 0.05) is 25.7 Å². The summed E-state index contributed by atoms with van der Waals surface area (Å²) >= 11 is 0. The molecule has 1 aliphatic rings. The second-order valence-electron chi connectivity index (χ2n) is 7.45. The minimum atomic E-state index is -3.44. The Morgan fingerprint density at radius 3 is 2.67 bits per heavy atom. The Morgan fingerprint density at radius 2 is 2.04 bits per heavy atom. The van der Waals surface area contributed by atoms with E-state index in [9.17, 15) is 8.42 Å². The quantitative estimate of drug-likeness (QED) is 0.692. The van der Waals surface area contributed by atoms with Gasteiger partial charge in [-0.2, -0.15) is 0 Å². The number of aromatic nitrogens is 2. The lowest BCUT2D eigenvalue weighted by Gasteiger charge is -2.23. The highest BCUT2D eigenvalue weighted by Crippen LogP contribution is 2.20. The summed E-state index contributed by atoms with van der Waals surface area (Å²) < 4.78 is 33.0. The van der Waals surface area contributed by atoms with Gasteiger partial charge in [-0.05, 0) is 39.3 Å². The largest absolute Gasteiger partial charge is 0.380 e. The van der Waals surface area contributed by atoms with Crippen LogP contribution in [0.2, 0.25) is 0 Å². The highest BCUT2D eigenvalue weighted by atomic mass is 32.2. The van der Waals surface area contributed by atoms with Gasteiger partial charge in [0.05, 0.1) is 23.7 Å². The van der Waals surface area contributed by atoms with Crippen LogP contribution in [0.15, 0.2) is 41.7 Å². The van der Waals surface area contributed by atoms with Crippen molar-refractivity contribution in [1.29, 1.82) is 0 Å². The molecule has 6 nitrogen and oxygen atoms in total. The fraction of sp³-hybridized carbons (Fsp3) is 0.550. The van der Waals surface area contributed by atoms with E-state index in [1.807, 2.05) is 22.8 Å². The molecule has 1 aromatic heterocycles. The molecule has 7 heteroatoms. The Morgan fingerprint density at radius 1 is 1.30 bits per heavy atom. The summed E-state index contributed by atoms with van der Waals surface area (Å²) in [6.45, 7) is 6.17. The summed E-state index contributed by atoms with van der Waals surface area (Å²) in [5.74, 6) is 0. The minimum Gasteiger partial charge on any atom is -0.380 e. The number of hydrogen-bond acceptors (Lipinski definition) is 5. The van der Waals surface area contributed by atoms with Crippen LogP contribution in [0.25, 0.3) is 0 Å². The summed E-state index contributed by atoms with van der Waals surface area (Å²) in [6, 6.07) is 10.5. The molecule has 1 unspecified atom stereocenters. The van der Waals surface area contributed by atoms with Crippen molar-refractivity contribution < 1.29 is 13.2 Å². The molecule has 1 aliphatic heterocycles. The van der Waals surface area contributed by atoms with Crippen molar-refractivity contribution in [1.82, 2.24) is 14.5 Å². The highest BCUT2D eigenvalue weighted by molar-refractivity contribution is 7.91. The van der Waals surface area contributed by atoms with Crippen molar-refractivity contribution in [3.8, 4) is 0 Å². The van der Waals surface area contributed by atoms with Crippen molar-refractivity contribution >= 4 is 9.84 Å². The molecule has 2 heterocycles. The van der Waals surface area contributed by atoms with Crippen molar-refractivity contribution in [2.45, 2.75) is 56.2 Å². The van der Waals surface area contributed by atoms with Crippen LogP contribution in [-0.4, -0.2) is 54.4 Å². The normalized spacial score (nSPS) is 17.9. The van der Waals surface area contributed by atoms with E-state index >= 15 is 0 Å². The number of nitrogens with zero attached hydrogens (tertiary/aromatic N) is 3. The average molecular weight is 392 g/mol. The maximum atomic E-state index is 12.8. The maximum Gasteiger partial charge on any atom is 0.228 e. The predicted molar refractivity (Wildman–Crippen MR) is 105 cm³/mol. The lowest BCUT2D eigenvalue weighted by Crippen LogP contribution is -2.32. The molecule has 0 bridgehead atoms. The van der Waals surface area contributed by atoms with Crippen molar-refractivity contribution in [3.63, 3.8) is 0 Å². The number of aryl methyl sites for hydroxylation is 1. The first-order valence-corrected chi connectivity index (χ1v) is 11.0. The van der Waals surface area contributed by atoms with Gasteiger partial charge in [-0.15, -0.1) is 0 Å². The summed E-state index contributed by atoms with van der Waals surface area (Å²) in [4.78, 5) is 6.55. The molecule has 1 saturated heterocycles. The number of hydrogen-bond donors (Lipinski definition) is 0. The topological polar surface area (TPSA) is 64.4 Å². The number of benzene rings is 1. The number of sulfone groups is 1. The van der Waals surface area contributed by atoms with Crippen molar-refractivity contribution in [3.05, 3.63) is 47.8 Å². The molecule has 148 valence electrons. The first-order valence-electron chi connectivity index (χ1n) is 9.50. The molecule has 1 aromatic carbocycles. The van der Waals surface area contributed by atoms with Gasteiger partial charge < -0.3 is 9.30 Å². The van der Waals surface area contributed by atoms with Crippen LogP contribution in [0.5, 0.6) is 0 Å². The molecule has 0 aliphatic carbocycles. The molecule has 3 rings (SSSR count). The minimum absolute atomic E-state index is 0.180. The third-order valence-electron chi connectivity index (χ3n) is 5.18. The zero-order chi connectivity index (χ0) is 19.4. The summed E-state index contributed by atoms with van der Waals surface area (Å²) in [7, 11) is -1.38. The standard InChI is InChI=1S/C20H29N3O3S/c1-16(2)27(24,25)20-21-13-19(14-22(3)18-10-12-26-15-18)23(20)11-9-17-7-5-4-6-8-17/h4-8,13,16,18H,9-12,14-15H2,1-3H3. The van der Waals surface area contributed by atoms with E-state index in [1.54, 1.807) is 20.0 Å². The van der Waals surface area contributed by atoms with Crippen molar-refractivity contribution in [2.75, 3.05) is 20.3 Å². The van der Waals surface area contributed by atoms with Crippen LogP contribution >= 0.6 is 0 Å². The van der Waals surface area contributed by atoms with Crippen molar-refractivity contribution in [2.24, 2.45) is 0 Å². The molecule has 0 saturated carbocycles. The molecule has 2 aromatic rings. The molecule has 1 atom stereocenters. The van der Waals surface area contributed by atoms with E-state index in [2.05, 4.69) is 29.1 Å². The van der Waals surface area contributed by atoms with Gasteiger partial charge in [-0.1, -0.05) is 30.3 Å². The van der Waals surface area contributed by atoms with Crippen LogP contribution in [0, 0.1) is 0 Å². The Balaban J connectivity index is 1.86. The van der Waals surface area contributed by atoms with Gasteiger partial charge in [-0.25, -0.2) is 13.4 Å². The highest BCUT2D eigenvalue weighted by Gasteiger charge is 2.28. The van der Waals surface area contributed by atoms with E-state index < -0.39 is 15.1 Å². The van der Waals surface area contributed by atoms with Gasteiger partial charge in [0.1, 0.15) is 0 Å². The fourth-order valence-electron chi connectivity index (χ4n) is 3.34. The molecule has 0 spiro atoms. The number of ether oxygens (including phenoxy) is 1. The Bertz CT molecular complexity index is 841. The lowest BCUT2D eigenvalue weighted by atomic mass is 10.1. The molecule has 0 N–H and O–H groups in total. The van der Waals surface area contributed by atoms with Gasteiger partial charge in [0.15, 0.2) is 0 Å². The van der Waals surface area contributed by atoms with E-state index in [-0.39, 0.29) is 5.16 Å². The zero-order valence-corrected chi connectivity index (χ0v) is 17.2. The maximum absolute atomic E-state index is 12.8. The Hall–Kier alpha value is -1.70. The first-order chi connectivity index (χ1) is 12.9. The van der Waals surface area contributed by atoms with Crippen LogP contribution in [0.4, 0.5) is 0 Å².